The fourth-order valence-corrected chi connectivity index (χ4v) is 5.93. The summed E-state index contributed by atoms with van der Waals surface area (Å²) in [7, 11) is 0. The van der Waals surface area contributed by atoms with Crippen LogP contribution in [0.2, 0.25) is 5.02 Å². The minimum absolute atomic E-state index is 0.0400. The van der Waals surface area contributed by atoms with Gasteiger partial charge in [-0.25, -0.2) is 0 Å². The number of benzene rings is 2. The third-order valence-electron chi connectivity index (χ3n) is 7.00. The molecule has 5 atom stereocenters. The molecule has 28 heavy (non-hydrogen) atoms. The van der Waals surface area contributed by atoms with E-state index < -0.39 is 5.92 Å². The molecule has 0 amide bonds. The Labute approximate surface area is 170 Å². The minimum Gasteiger partial charge on any atom is -0.457 e. The number of rotatable bonds is 4. The lowest BCUT2D eigenvalue weighted by atomic mass is 9.81. The Morgan fingerprint density at radius 3 is 2.14 bits per heavy atom. The van der Waals surface area contributed by atoms with Gasteiger partial charge in [0.05, 0.1) is 0 Å². The van der Waals surface area contributed by atoms with Gasteiger partial charge in [0.1, 0.15) is 17.4 Å². The van der Waals surface area contributed by atoms with E-state index in [9.17, 15) is 9.59 Å². The van der Waals surface area contributed by atoms with E-state index in [0.29, 0.717) is 28.4 Å². The van der Waals surface area contributed by atoms with Crippen molar-refractivity contribution in [2.24, 2.45) is 23.7 Å². The van der Waals surface area contributed by atoms with Crippen LogP contribution in [0.5, 0.6) is 11.5 Å². The molecule has 2 aromatic carbocycles. The van der Waals surface area contributed by atoms with Gasteiger partial charge >= 0.3 is 0 Å². The summed E-state index contributed by atoms with van der Waals surface area (Å²) >= 11 is 5.94. The molecule has 0 N–H and O–H groups in total. The highest BCUT2D eigenvalue weighted by atomic mass is 35.5. The van der Waals surface area contributed by atoms with Crippen LogP contribution < -0.4 is 4.74 Å². The van der Waals surface area contributed by atoms with Gasteiger partial charge in [-0.1, -0.05) is 24.6 Å². The normalized spacial score (nSPS) is 30.7. The van der Waals surface area contributed by atoms with Crippen molar-refractivity contribution in [2.75, 3.05) is 0 Å². The van der Waals surface area contributed by atoms with Crippen LogP contribution in [0.15, 0.2) is 42.5 Å². The van der Waals surface area contributed by atoms with E-state index >= 15 is 0 Å². The van der Waals surface area contributed by atoms with E-state index in [4.69, 9.17) is 16.3 Å². The van der Waals surface area contributed by atoms with Gasteiger partial charge < -0.3 is 4.74 Å². The van der Waals surface area contributed by atoms with Gasteiger partial charge in [-0.15, -0.1) is 0 Å². The Hall–Kier alpha value is -2.13. The molecule has 3 nitrogen and oxygen atoms in total. The maximum absolute atomic E-state index is 13.3. The summed E-state index contributed by atoms with van der Waals surface area (Å²) in [5.41, 5.74) is 1.90. The highest BCUT2D eigenvalue weighted by Gasteiger charge is 2.61. The first-order chi connectivity index (χ1) is 13.6. The zero-order valence-corrected chi connectivity index (χ0v) is 16.6. The van der Waals surface area contributed by atoms with Gasteiger partial charge in [-0.3, -0.25) is 9.59 Å². The molecule has 0 heterocycles. The van der Waals surface area contributed by atoms with Crippen LogP contribution in [-0.4, -0.2) is 11.6 Å². The first-order valence-electron chi connectivity index (χ1n) is 10.2. The molecule has 4 heteroatoms. The summed E-state index contributed by atoms with van der Waals surface area (Å²) in [5.74, 6) is 1.80. The van der Waals surface area contributed by atoms with Gasteiger partial charge in [0, 0.05) is 16.9 Å². The van der Waals surface area contributed by atoms with Crippen molar-refractivity contribution < 1.29 is 14.3 Å². The van der Waals surface area contributed by atoms with Crippen LogP contribution in [-0.2, 0) is 16.0 Å². The van der Waals surface area contributed by atoms with Gasteiger partial charge in [0.2, 0.25) is 0 Å². The number of carbonyl (C=O) groups excluding carboxylic acids is 2. The first kappa shape index (κ1) is 17.9. The van der Waals surface area contributed by atoms with Crippen LogP contribution in [0.25, 0.3) is 0 Å². The van der Waals surface area contributed by atoms with E-state index in [0.717, 1.165) is 36.8 Å². The van der Waals surface area contributed by atoms with Crippen LogP contribution in [0.1, 0.15) is 43.2 Å². The Morgan fingerprint density at radius 1 is 0.929 bits per heavy atom. The summed E-state index contributed by atoms with van der Waals surface area (Å²) < 4.78 is 5.97. The number of ether oxygens (including phenoxy) is 1. The largest absolute Gasteiger partial charge is 0.457 e. The smallest absolute Gasteiger partial charge is 0.151 e. The molecule has 2 bridgehead atoms. The van der Waals surface area contributed by atoms with Crippen molar-refractivity contribution in [1.82, 2.24) is 0 Å². The number of aryl methyl sites for hydroxylation is 1. The second-order valence-corrected chi connectivity index (χ2v) is 8.83. The highest BCUT2D eigenvalue weighted by Crippen LogP contribution is 2.59. The summed E-state index contributed by atoms with van der Waals surface area (Å²) in [6.07, 6.45) is 4.07. The Bertz CT molecular complexity index is 921. The molecule has 0 spiro atoms. The molecule has 3 aliphatic carbocycles. The molecular weight excluding hydrogens is 372 g/mol. The Kier molecular flexibility index (Phi) is 4.31. The van der Waals surface area contributed by atoms with Gasteiger partial charge in [0.15, 0.2) is 11.6 Å². The molecule has 0 aromatic heterocycles. The summed E-state index contributed by atoms with van der Waals surface area (Å²) in [5, 5.41) is 0.651. The van der Waals surface area contributed by atoms with Crippen LogP contribution in [0, 0.1) is 23.7 Å². The predicted octanol–water partition coefficient (Wildman–Crippen LogP) is 5.59. The lowest BCUT2D eigenvalue weighted by molar-refractivity contribution is -0.125. The summed E-state index contributed by atoms with van der Waals surface area (Å²) in [6, 6.07) is 13.0. The van der Waals surface area contributed by atoms with E-state index in [1.807, 2.05) is 30.3 Å². The molecule has 3 fully saturated rings. The predicted molar refractivity (Wildman–Crippen MR) is 108 cm³/mol. The standard InChI is InChI=1S/C24H23ClO3/c1-2-13-5-8-18(28-17-9-6-16(25)7-10-17)12-19(13)22-23(26)20-14-3-4-15(11-14)21(20)24(22)27/h5-10,12,14-15,20-22H,2-4,11H2,1H3/t14-,15+,20-,21+,22?. The lowest BCUT2D eigenvalue weighted by Gasteiger charge is -2.21. The topological polar surface area (TPSA) is 43.4 Å². The molecule has 0 saturated heterocycles. The SMILES string of the molecule is CCc1ccc(Oc2ccc(Cl)cc2)cc1C1C(=O)[C@@H]2[C@@H]3CC[C@@H](C3)[C@@H]2C1=O. The quantitative estimate of drug-likeness (QED) is 0.634. The molecule has 3 saturated carbocycles. The second-order valence-electron chi connectivity index (χ2n) is 8.39. The van der Waals surface area contributed by atoms with Crippen LogP contribution in [0.3, 0.4) is 0 Å². The Morgan fingerprint density at radius 2 is 1.54 bits per heavy atom. The fraction of sp³-hybridized carbons (Fsp3) is 0.417. The average molecular weight is 395 g/mol. The third-order valence-corrected chi connectivity index (χ3v) is 7.25. The molecule has 1 unspecified atom stereocenters. The highest BCUT2D eigenvalue weighted by molar-refractivity contribution is 6.30. The van der Waals surface area contributed by atoms with Crippen molar-refractivity contribution in [2.45, 2.75) is 38.5 Å². The van der Waals surface area contributed by atoms with Crippen LogP contribution >= 0.6 is 11.6 Å². The van der Waals surface area contributed by atoms with Crippen molar-refractivity contribution in [3.05, 3.63) is 58.6 Å². The Balaban J connectivity index is 1.49. The second kappa shape index (κ2) is 6.73. The fourth-order valence-electron chi connectivity index (χ4n) is 5.81. The van der Waals surface area contributed by atoms with Crippen molar-refractivity contribution in [1.29, 1.82) is 0 Å². The molecule has 0 aliphatic heterocycles. The first-order valence-corrected chi connectivity index (χ1v) is 10.6. The summed E-state index contributed by atoms with van der Waals surface area (Å²) in [4.78, 5) is 26.6. The van der Waals surface area contributed by atoms with Crippen molar-refractivity contribution in [3.8, 4) is 11.5 Å². The summed E-state index contributed by atoms with van der Waals surface area (Å²) in [6.45, 7) is 2.06. The number of ketones is 2. The zero-order valence-electron chi connectivity index (χ0n) is 15.9. The number of Topliss-reactive ketones (excluding diaryl/α,β-unsaturated/α-hetero) is 2. The van der Waals surface area contributed by atoms with Crippen molar-refractivity contribution in [3.63, 3.8) is 0 Å². The molecule has 5 rings (SSSR count). The monoisotopic (exact) mass is 394 g/mol. The zero-order chi connectivity index (χ0) is 19.4. The number of hydrogen-bond donors (Lipinski definition) is 0. The van der Waals surface area contributed by atoms with E-state index in [1.165, 1.54) is 0 Å². The van der Waals surface area contributed by atoms with Gasteiger partial charge in [-0.2, -0.15) is 0 Å². The van der Waals surface area contributed by atoms with Crippen LogP contribution in [0.4, 0.5) is 0 Å². The molecule has 2 aromatic rings. The maximum atomic E-state index is 13.3. The molecule has 144 valence electrons. The van der Waals surface area contributed by atoms with E-state index in [-0.39, 0.29) is 23.4 Å². The number of hydrogen-bond acceptors (Lipinski definition) is 3. The van der Waals surface area contributed by atoms with E-state index in [2.05, 4.69) is 6.92 Å². The third kappa shape index (κ3) is 2.71. The van der Waals surface area contributed by atoms with Gasteiger partial charge in [0.25, 0.3) is 0 Å². The molecule has 0 radical (unpaired) electrons. The maximum Gasteiger partial charge on any atom is 0.151 e. The van der Waals surface area contributed by atoms with Crippen molar-refractivity contribution >= 4 is 23.2 Å². The van der Waals surface area contributed by atoms with Gasteiger partial charge in [-0.05, 0) is 85.0 Å². The van der Waals surface area contributed by atoms with E-state index in [1.54, 1.807) is 12.1 Å². The molecule has 3 aliphatic rings. The number of carbonyl (C=O) groups is 2. The minimum atomic E-state index is -0.609. The number of fused-ring (bicyclic) bond motifs is 5. The number of halogens is 1. The lowest BCUT2D eigenvalue weighted by Crippen LogP contribution is -2.24. The average Bonchev–Trinajstić information content (AvgIpc) is 3.37. The molecular formula is C24H23ClO3.